The first kappa shape index (κ1) is 23.8. The summed E-state index contributed by atoms with van der Waals surface area (Å²) in [4.78, 5) is 45.3. The lowest BCUT2D eigenvalue weighted by atomic mass is 10.1. The van der Waals surface area contributed by atoms with Gasteiger partial charge in [0.1, 0.15) is 5.82 Å². The molecule has 1 fully saturated rings. The summed E-state index contributed by atoms with van der Waals surface area (Å²) in [6, 6.07) is 7.66. The molecule has 4 rings (SSSR count). The Labute approximate surface area is 198 Å². The Morgan fingerprint density at radius 2 is 1.94 bits per heavy atom. The van der Waals surface area contributed by atoms with Gasteiger partial charge < -0.3 is 15.2 Å². The first-order valence-corrected chi connectivity index (χ1v) is 12.2. The third-order valence-corrected chi connectivity index (χ3v) is 6.15. The number of H-pyrrole nitrogens is 1. The first-order valence-electron chi connectivity index (χ1n) is 12.2. The Kier molecular flexibility index (Phi) is 7.19. The molecule has 1 aliphatic carbocycles. The standard InChI is InChI=1S/C25H34N6O3/c1-4-5-13-31-22-21(24(33)29-25(31)34)30(14-12-16(2)3)20(28-22)15-26-19-9-7-6-8-18(19)23(32)27-17-10-11-17/h6-9,16-17,26H,4-5,10-15H2,1-3H3,(H,27,32)(H,29,33,34). The van der Waals surface area contributed by atoms with Crippen molar-refractivity contribution in [2.75, 3.05) is 5.32 Å². The number of fused-ring (bicyclic) bond motifs is 1. The minimum atomic E-state index is -0.430. The monoisotopic (exact) mass is 466 g/mol. The van der Waals surface area contributed by atoms with Crippen LogP contribution in [0.1, 0.15) is 69.1 Å². The van der Waals surface area contributed by atoms with E-state index in [9.17, 15) is 14.4 Å². The number of aromatic nitrogens is 4. The van der Waals surface area contributed by atoms with Gasteiger partial charge in [-0.25, -0.2) is 9.78 Å². The second-order valence-electron chi connectivity index (χ2n) is 9.45. The second kappa shape index (κ2) is 10.3. The molecule has 2 aromatic heterocycles. The number of nitrogens with one attached hydrogen (secondary N) is 3. The molecule has 3 N–H and O–H groups in total. The molecule has 0 atom stereocenters. The number of carbonyl (C=O) groups is 1. The van der Waals surface area contributed by atoms with Crippen LogP contribution in [0.5, 0.6) is 0 Å². The summed E-state index contributed by atoms with van der Waals surface area (Å²) >= 11 is 0. The van der Waals surface area contributed by atoms with E-state index in [0.29, 0.717) is 53.8 Å². The highest BCUT2D eigenvalue weighted by molar-refractivity contribution is 5.99. The third kappa shape index (κ3) is 5.24. The molecular weight excluding hydrogens is 432 g/mol. The van der Waals surface area contributed by atoms with Crippen LogP contribution in [0.3, 0.4) is 0 Å². The van der Waals surface area contributed by atoms with Crippen LogP contribution in [0.2, 0.25) is 0 Å². The van der Waals surface area contributed by atoms with Gasteiger partial charge in [-0.15, -0.1) is 0 Å². The zero-order chi connectivity index (χ0) is 24.2. The fourth-order valence-corrected chi connectivity index (χ4v) is 4.00. The fourth-order valence-electron chi connectivity index (χ4n) is 4.00. The number of hydrogen-bond acceptors (Lipinski definition) is 5. The van der Waals surface area contributed by atoms with E-state index in [0.717, 1.165) is 32.1 Å². The molecular formula is C25H34N6O3. The molecule has 9 heteroatoms. The van der Waals surface area contributed by atoms with Crippen LogP contribution in [0.25, 0.3) is 11.2 Å². The number of unbranched alkanes of at least 4 members (excludes halogenated alkanes) is 1. The number of amides is 1. The molecule has 0 spiro atoms. The van der Waals surface area contributed by atoms with Crippen LogP contribution in [0.4, 0.5) is 5.69 Å². The number of nitrogens with zero attached hydrogens (tertiary/aromatic N) is 3. The number of anilines is 1. The summed E-state index contributed by atoms with van der Waals surface area (Å²) < 4.78 is 3.47. The minimum absolute atomic E-state index is 0.0937. The van der Waals surface area contributed by atoms with Crippen LogP contribution in [-0.4, -0.2) is 31.1 Å². The van der Waals surface area contributed by atoms with Crippen molar-refractivity contribution < 1.29 is 4.79 Å². The lowest BCUT2D eigenvalue weighted by molar-refractivity contribution is 0.0952. The lowest BCUT2D eigenvalue weighted by Gasteiger charge is -2.14. The number of carbonyl (C=O) groups excluding carboxylic acids is 1. The van der Waals surface area contributed by atoms with Gasteiger partial charge in [0, 0.05) is 24.8 Å². The van der Waals surface area contributed by atoms with Crippen molar-refractivity contribution >= 4 is 22.8 Å². The van der Waals surface area contributed by atoms with Gasteiger partial charge in [0.05, 0.1) is 12.1 Å². The predicted octanol–water partition coefficient (Wildman–Crippen LogP) is 3.24. The van der Waals surface area contributed by atoms with Gasteiger partial charge in [-0.1, -0.05) is 39.3 Å². The molecule has 0 aliphatic heterocycles. The van der Waals surface area contributed by atoms with Crippen molar-refractivity contribution in [2.45, 2.75) is 78.6 Å². The van der Waals surface area contributed by atoms with Crippen molar-refractivity contribution in [2.24, 2.45) is 5.92 Å². The Morgan fingerprint density at radius 3 is 2.65 bits per heavy atom. The Balaban J connectivity index is 1.70. The Bertz CT molecular complexity index is 1280. The molecule has 182 valence electrons. The number of rotatable bonds is 11. The summed E-state index contributed by atoms with van der Waals surface area (Å²) in [7, 11) is 0. The SMILES string of the molecule is CCCCn1c(=O)[nH]c(=O)c2c1nc(CNc1ccccc1C(=O)NC1CC1)n2CCC(C)C. The van der Waals surface area contributed by atoms with E-state index < -0.39 is 11.2 Å². The number of para-hydroxylation sites is 1. The van der Waals surface area contributed by atoms with Gasteiger partial charge in [0.15, 0.2) is 11.2 Å². The molecule has 1 aromatic carbocycles. The van der Waals surface area contributed by atoms with Gasteiger partial charge in [0.25, 0.3) is 11.5 Å². The zero-order valence-corrected chi connectivity index (χ0v) is 20.2. The van der Waals surface area contributed by atoms with Crippen molar-refractivity contribution in [1.29, 1.82) is 0 Å². The van der Waals surface area contributed by atoms with Crippen LogP contribution >= 0.6 is 0 Å². The summed E-state index contributed by atoms with van der Waals surface area (Å²) in [5, 5.41) is 6.38. The highest BCUT2D eigenvalue weighted by atomic mass is 16.2. The highest BCUT2D eigenvalue weighted by Crippen LogP contribution is 2.22. The average molecular weight is 467 g/mol. The molecule has 1 saturated carbocycles. The largest absolute Gasteiger partial charge is 0.377 e. The maximum absolute atomic E-state index is 12.8. The molecule has 0 radical (unpaired) electrons. The lowest BCUT2D eigenvalue weighted by Crippen LogP contribution is -2.31. The van der Waals surface area contributed by atoms with E-state index in [1.165, 1.54) is 0 Å². The van der Waals surface area contributed by atoms with Crippen molar-refractivity contribution in [1.82, 2.24) is 24.4 Å². The van der Waals surface area contributed by atoms with Gasteiger partial charge in [-0.05, 0) is 43.7 Å². The van der Waals surface area contributed by atoms with Gasteiger partial charge in [-0.3, -0.25) is 19.1 Å². The van der Waals surface area contributed by atoms with E-state index in [-0.39, 0.29) is 11.9 Å². The number of hydrogen-bond donors (Lipinski definition) is 3. The van der Waals surface area contributed by atoms with Gasteiger partial charge in [0.2, 0.25) is 0 Å². The molecule has 0 unspecified atom stereocenters. The molecule has 1 aliphatic rings. The van der Waals surface area contributed by atoms with E-state index in [4.69, 9.17) is 4.98 Å². The first-order chi connectivity index (χ1) is 16.4. The molecule has 3 aromatic rings. The summed E-state index contributed by atoms with van der Waals surface area (Å²) in [5.41, 5.74) is 1.29. The molecule has 34 heavy (non-hydrogen) atoms. The smallest absolute Gasteiger partial charge is 0.330 e. The maximum atomic E-state index is 12.8. The average Bonchev–Trinajstić information content (AvgIpc) is 3.54. The molecule has 9 nitrogen and oxygen atoms in total. The van der Waals surface area contributed by atoms with Crippen LogP contribution in [0.15, 0.2) is 33.9 Å². The highest BCUT2D eigenvalue weighted by Gasteiger charge is 2.25. The van der Waals surface area contributed by atoms with Crippen LogP contribution in [0, 0.1) is 5.92 Å². The fraction of sp³-hybridized carbons (Fsp3) is 0.520. The zero-order valence-electron chi connectivity index (χ0n) is 20.2. The molecule has 2 heterocycles. The predicted molar refractivity (Wildman–Crippen MR) is 133 cm³/mol. The van der Waals surface area contributed by atoms with E-state index in [1.54, 1.807) is 10.6 Å². The van der Waals surface area contributed by atoms with E-state index in [2.05, 4.69) is 36.4 Å². The molecule has 1 amide bonds. The quantitative estimate of drug-likeness (QED) is 0.401. The molecule has 0 bridgehead atoms. The third-order valence-electron chi connectivity index (χ3n) is 6.15. The van der Waals surface area contributed by atoms with Crippen LogP contribution in [-0.2, 0) is 19.6 Å². The normalized spacial score (nSPS) is 13.5. The summed E-state index contributed by atoms with van der Waals surface area (Å²) in [6.45, 7) is 7.76. The van der Waals surface area contributed by atoms with Crippen molar-refractivity contribution in [3.05, 3.63) is 56.5 Å². The van der Waals surface area contributed by atoms with Crippen molar-refractivity contribution in [3.8, 4) is 0 Å². The van der Waals surface area contributed by atoms with Gasteiger partial charge in [-0.2, -0.15) is 0 Å². The Morgan fingerprint density at radius 1 is 1.18 bits per heavy atom. The number of aryl methyl sites for hydroxylation is 2. The summed E-state index contributed by atoms with van der Waals surface area (Å²) in [5.74, 6) is 1.01. The minimum Gasteiger partial charge on any atom is -0.377 e. The summed E-state index contributed by atoms with van der Waals surface area (Å²) in [6.07, 6.45) is 4.66. The second-order valence-corrected chi connectivity index (χ2v) is 9.45. The number of benzene rings is 1. The molecule has 0 saturated heterocycles. The number of imidazole rings is 1. The van der Waals surface area contributed by atoms with Gasteiger partial charge >= 0.3 is 5.69 Å². The van der Waals surface area contributed by atoms with Crippen LogP contribution < -0.4 is 21.9 Å². The number of aromatic amines is 1. The topological polar surface area (TPSA) is 114 Å². The van der Waals surface area contributed by atoms with E-state index in [1.807, 2.05) is 22.8 Å². The maximum Gasteiger partial charge on any atom is 0.330 e. The van der Waals surface area contributed by atoms with Crippen molar-refractivity contribution in [3.63, 3.8) is 0 Å². The Hall–Kier alpha value is -3.36. The van der Waals surface area contributed by atoms with E-state index >= 15 is 0 Å².